The van der Waals surface area contributed by atoms with Crippen molar-refractivity contribution in [2.24, 2.45) is 5.92 Å². The molecule has 0 spiro atoms. The van der Waals surface area contributed by atoms with Crippen molar-refractivity contribution in [2.45, 2.75) is 32.0 Å². The van der Waals surface area contributed by atoms with Crippen molar-refractivity contribution in [3.8, 4) is 0 Å². The van der Waals surface area contributed by atoms with Gasteiger partial charge in [0.2, 0.25) is 0 Å². The molecule has 2 bridgehead atoms. The lowest BCUT2D eigenvalue weighted by Crippen LogP contribution is -2.43. The third-order valence-electron chi connectivity index (χ3n) is 5.01. The molecule has 5 N–H and O–H groups in total. The summed E-state index contributed by atoms with van der Waals surface area (Å²) in [6.07, 6.45) is 4.72. The van der Waals surface area contributed by atoms with Gasteiger partial charge in [-0.3, -0.25) is 10.1 Å². The molecule has 0 aromatic heterocycles. The molecule has 0 saturated heterocycles. The summed E-state index contributed by atoms with van der Waals surface area (Å²) in [4.78, 5) is 35.9. The molecule has 1 aromatic rings. The zero-order valence-electron chi connectivity index (χ0n) is 17.3. The molecule has 2 heterocycles. The van der Waals surface area contributed by atoms with Crippen LogP contribution in [0.1, 0.15) is 25.3 Å². The molecule has 0 radical (unpaired) electrons. The van der Waals surface area contributed by atoms with E-state index in [1.165, 1.54) is 7.11 Å². The summed E-state index contributed by atoms with van der Waals surface area (Å²) in [6.45, 7) is 1.96. The van der Waals surface area contributed by atoms with Crippen LogP contribution < -0.4 is 21.3 Å². The van der Waals surface area contributed by atoms with E-state index in [9.17, 15) is 19.5 Å². The first-order valence-electron chi connectivity index (χ1n) is 9.96. The van der Waals surface area contributed by atoms with Gasteiger partial charge in [-0.25, -0.2) is 9.59 Å². The smallest absolute Gasteiger partial charge is 0.411 e. The molecule has 31 heavy (non-hydrogen) atoms. The minimum atomic E-state index is -0.931. The number of fused-ring (bicyclic) bond motifs is 4. The Bertz CT molecular complexity index is 913. The van der Waals surface area contributed by atoms with Crippen LogP contribution in [0.3, 0.4) is 0 Å². The molecule has 166 valence electrons. The summed E-state index contributed by atoms with van der Waals surface area (Å²) in [5, 5.41) is 21.7. The zero-order valence-corrected chi connectivity index (χ0v) is 17.3. The van der Waals surface area contributed by atoms with Crippen LogP contribution in [0.4, 0.5) is 16.2 Å². The summed E-state index contributed by atoms with van der Waals surface area (Å²) in [7, 11) is 1.27. The number of aliphatic carboxylic acids is 1. The van der Waals surface area contributed by atoms with Gasteiger partial charge in [0.25, 0.3) is 0 Å². The van der Waals surface area contributed by atoms with E-state index in [0.29, 0.717) is 35.5 Å². The number of hydrogen-bond acceptors (Lipinski definition) is 8. The average molecular weight is 430 g/mol. The molecule has 2 aliphatic heterocycles. The Kier molecular flexibility index (Phi) is 7.01. The Hall–Kier alpha value is -3.69. The van der Waals surface area contributed by atoms with E-state index in [-0.39, 0.29) is 6.61 Å². The van der Waals surface area contributed by atoms with Crippen molar-refractivity contribution in [3.63, 3.8) is 0 Å². The summed E-state index contributed by atoms with van der Waals surface area (Å²) in [5.74, 6) is -2.07. The molecule has 3 rings (SSSR count). The number of carbonyl (C=O) groups is 3. The Morgan fingerprint density at radius 1 is 1.19 bits per heavy atom. The van der Waals surface area contributed by atoms with Gasteiger partial charge in [0.1, 0.15) is 12.2 Å². The SMILES string of the molecule is CCOC(=O)C1C/C=C/CC(C(=O)O)C2NC=C(N2)c2ccc(NC(=O)OC)cc2N1. The van der Waals surface area contributed by atoms with E-state index in [0.717, 1.165) is 0 Å². The highest BCUT2D eigenvalue weighted by Gasteiger charge is 2.32. The third-order valence-corrected chi connectivity index (χ3v) is 5.01. The van der Waals surface area contributed by atoms with Crippen LogP contribution in [0, 0.1) is 5.92 Å². The fourth-order valence-electron chi connectivity index (χ4n) is 3.44. The lowest BCUT2D eigenvalue weighted by Gasteiger charge is -2.24. The maximum absolute atomic E-state index is 12.5. The van der Waals surface area contributed by atoms with Gasteiger partial charge in [-0.2, -0.15) is 0 Å². The lowest BCUT2D eigenvalue weighted by molar-refractivity contribution is -0.144. The molecular weight excluding hydrogens is 404 g/mol. The maximum atomic E-state index is 12.5. The van der Waals surface area contributed by atoms with Crippen LogP contribution in [0.25, 0.3) is 5.70 Å². The van der Waals surface area contributed by atoms with Crippen molar-refractivity contribution >= 4 is 35.1 Å². The molecule has 10 nitrogen and oxygen atoms in total. The molecule has 0 fully saturated rings. The fourth-order valence-corrected chi connectivity index (χ4v) is 3.44. The largest absolute Gasteiger partial charge is 0.481 e. The second kappa shape index (κ2) is 9.88. The number of hydrogen-bond donors (Lipinski definition) is 5. The first kappa shape index (κ1) is 22.0. The number of amides is 1. The second-order valence-corrected chi connectivity index (χ2v) is 7.06. The number of rotatable bonds is 4. The molecule has 0 saturated carbocycles. The van der Waals surface area contributed by atoms with Crippen LogP contribution in [0.5, 0.6) is 0 Å². The molecule has 3 unspecified atom stereocenters. The Morgan fingerprint density at radius 3 is 2.68 bits per heavy atom. The Balaban J connectivity index is 2.00. The van der Waals surface area contributed by atoms with E-state index in [4.69, 9.17) is 4.74 Å². The van der Waals surface area contributed by atoms with Crippen LogP contribution in [0.2, 0.25) is 0 Å². The first-order valence-corrected chi connectivity index (χ1v) is 9.96. The van der Waals surface area contributed by atoms with Gasteiger partial charge in [0, 0.05) is 23.1 Å². The van der Waals surface area contributed by atoms with E-state index in [2.05, 4.69) is 26.0 Å². The fraction of sp³-hybridized carbons (Fsp3) is 0.381. The number of methoxy groups -OCH3 is 1. The van der Waals surface area contributed by atoms with Crippen LogP contribution in [-0.4, -0.2) is 49.1 Å². The topological polar surface area (TPSA) is 138 Å². The van der Waals surface area contributed by atoms with Crippen LogP contribution in [-0.2, 0) is 19.1 Å². The number of ether oxygens (including phenoxy) is 2. The number of esters is 1. The standard InChI is InChI=1S/C21H26N4O6/c1-3-31-20(28)15-7-5-4-6-14(19(26)27)18-22-11-17(25-18)13-9-8-12(10-16(13)24-15)23-21(29)30-2/h4-5,8-11,14-15,18,22,24-25H,3,6-7H2,1-2H3,(H,23,29)(H,26,27)/b5-4+. The summed E-state index contributed by atoms with van der Waals surface area (Å²) in [5.41, 5.74) is 2.40. The second-order valence-electron chi connectivity index (χ2n) is 7.06. The van der Waals surface area contributed by atoms with Crippen molar-refractivity contribution in [1.29, 1.82) is 0 Å². The highest BCUT2D eigenvalue weighted by Crippen LogP contribution is 2.30. The van der Waals surface area contributed by atoms with E-state index < -0.39 is 36.2 Å². The summed E-state index contributed by atoms with van der Waals surface area (Å²) in [6, 6.07) is 4.43. The number of allylic oxidation sites excluding steroid dienone is 1. The van der Waals surface area contributed by atoms with Gasteiger partial charge in [0.15, 0.2) is 0 Å². The highest BCUT2D eigenvalue weighted by molar-refractivity contribution is 5.89. The van der Waals surface area contributed by atoms with Gasteiger partial charge in [0.05, 0.1) is 25.3 Å². The summed E-state index contributed by atoms with van der Waals surface area (Å²) >= 11 is 0. The molecule has 10 heteroatoms. The molecule has 0 aliphatic carbocycles. The predicted octanol–water partition coefficient (Wildman–Crippen LogP) is 2.08. The van der Waals surface area contributed by atoms with Crippen LogP contribution in [0.15, 0.2) is 36.6 Å². The number of benzene rings is 1. The molecule has 1 aromatic carbocycles. The molecule has 2 aliphatic rings. The number of nitrogens with one attached hydrogen (secondary N) is 4. The number of carbonyl (C=O) groups excluding carboxylic acids is 2. The van der Waals surface area contributed by atoms with Crippen LogP contribution >= 0.6 is 0 Å². The van der Waals surface area contributed by atoms with Crippen molar-refractivity contribution in [1.82, 2.24) is 10.6 Å². The third kappa shape index (κ3) is 5.27. The molecule has 3 atom stereocenters. The zero-order chi connectivity index (χ0) is 22.4. The van der Waals surface area contributed by atoms with E-state index in [1.54, 1.807) is 43.5 Å². The van der Waals surface area contributed by atoms with Crippen molar-refractivity contribution in [2.75, 3.05) is 24.4 Å². The molecule has 1 amide bonds. The van der Waals surface area contributed by atoms with E-state index in [1.807, 2.05) is 0 Å². The average Bonchev–Trinajstić information content (AvgIpc) is 3.21. The molecular formula is C21H26N4O6. The number of carboxylic acids is 1. The van der Waals surface area contributed by atoms with E-state index >= 15 is 0 Å². The Morgan fingerprint density at radius 2 is 1.97 bits per heavy atom. The minimum Gasteiger partial charge on any atom is -0.481 e. The van der Waals surface area contributed by atoms with Gasteiger partial charge < -0.3 is 30.5 Å². The maximum Gasteiger partial charge on any atom is 0.411 e. The van der Waals surface area contributed by atoms with Gasteiger partial charge >= 0.3 is 18.0 Å². The first-order chi connectivity index (χ1) is 14.9. The van der Waals surface area contributed by atoms with Gasteiger partial charge in [-0.1, -0.05) is 12.2 Å². The minimum absolute atomic E-state index is 0.233. The lowest BCUT2D eigenvalue weighted by atomic mass is 10.00. The van der Waals surface area contributed by atoms with Gasteiger partial charge in [-0.05, 0) is 38.0 Å². The summed E-state index contributed by atoms with van der Waals surface area (Å²) < 4.78 is 9.83. The predicted molar refractivity (Wildman–Crippen MR) is 114 cm³/mol. The number of carboxylic acid groups (broad SMARTS) is 1. The van der Waals surface area contributed by atoms with Crippen molar-refractivity contribution < 1.29 is 29.0 Å². The monoisotopic (exact) mass is 430 g/mol. The van der Waals surface area contributed by atoms with Gasteiger partial charge in [-0.15, -0.1) is 0 Å². The normalized spacial score (nSPS) is 23.2. The quantitative estimate of drug-likeness (QED) is 0.359. The number of anilines is 2. The Labute approximate surface area is 179 Å². The highest BCUT2D eigenvalue weighted by atomic mass is 16.5. The van der Waals surface area contributed by atoms with Crippen molar-refractivity contribution in [3.05, 3.63) is 42.1 Å².